The van der Waals surface area contributed by atoms with Crippen molar-refractivity contribution >= 4 is 85.0 Å². The van der Waals surface area contributed by atoms with E-state index in [1.807, 2.05) is 91.0 Å². The van der Waals surface area contributed by atoms with Crippen LogP contribution in [0.2, 0.25) is 0 Å². The number of esters is 3. The van der Waals surface area contributed by atoms with Crippen LogP contribution in [0.1, 0.15) is 62.5 Å². The lowest BCUT2D eigenvalue weighted by atomic mass is 10.0. The summed E-state index contributed by atoms with van der Waals surface area (Å²) in [6.07, 6.45) is 4.66. The Balaban J connectivity index is 0.000000148. The SMILES string of the molecule is COC(=O)c1ccc(NC(=O)c2ccccn2)c2c(Oc3ccccc3)cccc12.COC(=O)c1ccc(NC(=O)c2ccccn2)c2c(Oc3ccccc3)cccc12.COC(=O)c1ccc(NC(=O)c2ccccn2)c2c(Oc3ccccc3)cccc12. The molecule has 3 amide bonds. The van der Waals surface area contributed by atoms with E-state index in [-0.39, 0.29) is 34.8 Å². The molecule has 444 valence electrons. The minimum Gasteiger partial charge on any atom is -0.465 e. The van der Waals surface area contributed by atoms with E-state index >= 15 is 0 Å². The zero-order valence-electron chi connectivity index (χ0n) is 48.5. The number of carbonyl (C=O) groups excluding carboxylic acids is 6. The van der Waals surface area contributed by atoms with Crippen molar-refractivity contribution < 1.29 is 57.2 Å². The van der Waals surface area contributed by atoms with Crippen molar-refractivity contribution in [2.45, 2.75) is 0 Å². The first-order chi connectivity index (χ1) is 44.0. The van der Waals surface area contributed by atoms with Crippen LogP contribution in [0.4, 0.5) is 17.1 Å². The molecule has 0 spiro atoms. The number of fused-ring (bicyclic) bond motifs is 3. The number of ether oxygens (including phenoxy) is 6. The lowest BCUT2D eigenvalue weighted by Crippen LogP contribution is -2.14. The molecule has 0 aliphatic heterocycles. The number of amides is 3. The number of carbonyl (C=O) groups is 6. The number of pyridine rings is 3. The molecule has 90 heavy (non-hydrogen) atoms. The number of anilines is 3. The minimum absolute atomic E-state index is 0.282. The first-order valence-corrected chi connectivity index (χ1v) is 27.8. The largest absolute Gasteiger partial charge is 0.465 e. The van der Waals surface area contributed by atoms with Gasteiger partial charge in [-0.05, 0) is 127 Å². The Morgan fingerprint density at radius 2 is 0.556 bits per heavy atom. The summed E-state index contributed by atoms with van der Waals surface area (Å²) in [4.78, 5) is 87.2. The standard InChI is InChI=1S/3C24H18N2O4/c3*1-29-24(28)18-13-14-19(26-23(27)20-11-5-6-15-25-20)22-17(18)10-7-12-21(22)30-16-8-3-2-4-9-16/h3*2-15H,1H3,(H,26,27). The third kappa shape index (κ3) is 14.4. The average Bonchev–Trinajstić information content (AvgIpc) is 0.840. The fraction of sp³-hybridized carbons (Fsp3) is 0.0417. The molecular formula is C72H54N6O12. The lowest BCUT2D eigenvalue weighted by Gasteiger charge is -2.15. The number of benzene rings is 9. The Labute approximate surface area is 515 Å². The molecule has 0 aliphatic carbocycles. The third-order valence-electron chi connectivity index (χ3n) is 13.6. The second-order valence-corrected chi connectivity index (χ2v) is 19.2. The molecule has 9 aromatic carbocycles. The third-order valence-corrected chi connectivity index (χ3v) is 13.6. The average molecular weight is 1200 g/mol. The molecular weight excluding hydrogens is 1140 g/mol. The van der Waals surface area contributed by atoms with Gasteiger partial charge in [0.2, 0.25) is 0 Å². The number of hydrogen-bond donors (Lipinski definition) is 3. The van der Waals surface area contributed by atoms with E-state index in [2.05, 4.69) is 30.9 Å². The summed E-state index contributed by atoms with van der Waals surface area (Å²) in [5.41, 5.74) is 3.47. The highest BCUT2D eigenvalue weighted by Crippen LogP contribution is 2.41. The maximum atomic E-state index is 12.7. The van der Waals surface area contributed by atoms with Crippen molar-refractivity contribution in [3.8, 4) is 34.5 Å². The molecule has 0 saturated heterocycles. The smallest absolute Gasteiger partial charge is 0.338 e. The number of methoxy groups -OCH3 is 3. The molecule has 12 rings (SSSR count). The number of rotatable bonds is 15. The van der Waals surface area contributed by atoms with E-state index in [0.29, 0.717) is 101 Å². The van der Waals surface area contributed by atoms with E-state index in [1.165, 1.54) is 21.3 Å². The summed E-state index contributed by atoms with van der Waals surface area (Å²) in [7, 11) is 3.99. The Hall–Kier alpha value is -12.6. The summed E-state index contributed by atoms with van der Waals surface area (Å²) in [5, 5.41) is 12.2. The number of hydrogen-bond acceptors (Lipinski definition) is 15. The zero-order chi connectivity index (χ0) is 62.8. The molecule has 0 aliphatic rings. The van der Waals surface area contributed by atoms with E-state index in [0.717, 1.165) is 0 Å². The van der Waals surface area contributed by atoms with E-state index < -0.39 is 17.9 Å². The van der Waals surface area contributed by atoms with Crippen molar-refractivity contribution in [3.05, 3.63) is 289 Å². The molecule has 0 fully saturated rings. The minimum atomic E-state index is -0.473. The molecule has 18 heteroatoms. The number of para-hydroxylation sites is 3. The van der Waals surface area contributed by atoms with Crippen molar-refractivity contribution in [2.24, 2.45) is 0 Å². The van der Waals surface area contributed by atoms with Gasteiger partial charge in [-0.15, -0.1) is 0 Å². The summed E-state index contributed by atoms with van der Waals surface area (Å²) in [6.45, 7) is 0. The number of aromatic nitrogens is 3. The Morgan fingerprint density at radius 1 is 0.289 bits per heavy atom. The molecule has 0 atom stereocenters. The highest BCUT2D eigenvalue weighted by Gasteiger charge is 2.22. The topological polar surface area (TPSA) is 233 Å². The van der Waals surface area contributed by atoms with Gasteiger partial charge in [-0.1, -0.05) is 109 Å². The first-order valence-electron chi connectivity index (χ1n) is 27.8. The molecule has 18 nitrogen and oxygen atoms in total. The maximum Gasteiger partial charge on any atom is 0.338 e. The maximum absolute atomic E-state index is 12.7. The Kier molecular flexibility index (Phi) is 19.5. The van der Waals surface area contributed by atoms with Gasteiger partial charge in [0, 0.05) is 50.9 Å². The number of nitrogens with zero attached hydrogens (tertiary/aromatic N) is 3. The first kappa shape index (κ1) is 60.5. The predicted octanol–water partition coefficient (Wildman–Crippen LogP) is 15.2. The molecule has 0 saturated carbocycles. The molecule has 3 N–H and O–H groups in total. The highest BCUT2D eigenvalue weighted by atomic mass is 16.5. The second kappa shape index (κ2) is 29.0. The Morgan fingerprint density at radius 3 is 0.800 bits per heavy atom. The van der Waals surface area contributed by atoms with Gasteiger partial charge in [-0.2, -0.15) is 0 Å². The summed E-state index contributed by atoms with van der Waals surface area (Å²) >= 11 is 0. The molecule has 3 heterocycles. The van der Waals surface area contributed by atoms with Crippen LogP contribution in [-0.4, -0.2) is 71.9 Å². The van der Waals surface area contributed by atoms with Crippen LogP contribution in [0, 0.1) is 0 Å². The summed E-state index contributed by atoms with van der Waals surface area (Å²) in [5.74, 6) is 0.897. The van der Waals surface area contributed by atoms with Crippen molar-refractivity contribution in [2.75, 3.05) is 37.3 Å². The molecule has 0 bridgehead atoms. The van der Waals surface area contributed by atoms with Gasteiger partial charge < -0.3 is 44.4 Å². The van der Waals surface area contributed by atoms with E-state index in [9.17, 15) is 28.8 Å². The highest BCUT2D eigenvalue weighted by molar-refractivity contribution is 6.17. The molecule has 12 aromatic rings. The molecule has 3 aromatic heterocycles. The lowest BCUT2D eigenvalue weighted by molar-refractivity contribution is 0.0594. The monoisotopic (exact) mass is 1190 g/mol. The normalized spacial score (nSPS) is 10.4. The van der Waals surface area contributed by atoms with Crippen molar-refractivity contribution in [1.29, 1.82) is 0 Å². The van der Waals surface area contributed by atoms with Crippen LogP contribution < -0.4 is 30.2 Å². The Bertz CT molecular complexity index is 4090. The quantitative estimate of drug-likeness (QED) is 0.0640. The van der Waals surface area contributed by atoms with Gasteiger partial charge in [0.15, 0.2) is 0 Å². The van der Waals surface area contributed by atoms with E-state index in [1.54, 1.807) is 164 Å². The van der Waals surface area contributed by atoms with Crippen LogP contribution in [0.5, 0.6) is 34.5 Å². The van der Waals surface area contributed by atoms with Crippen molar-refractivity contribution in [3.63, 3.8) is 0 Å². The van der Waals surface area contributed by atoms with Crippen LogP contribution in [0.3, 0.4) is 0 Å². The van der Waals surface area contributed by atoms with Gasteiger partial charge >= 0.3 is 17.9 Å². The fourth-order valence-electron chi connectivity index (χ4n) is 9.45. The van der Waals surface area contributed by atoms with Crippen molar-refractivity contribution in [1.82, 2.24) is 15.0 Å². The second-order valence-electron chi connectivity index (χ2n) is 19.2. The van der Waals surface area contributed by atoms with E-state index in [4.69, 9.17) is 28.4 Å². The molecule has 0 unspecified atom stereocenters. The van der Waals surface area contributed by atoms with Gasteiger partial charge in [-0.25, -0.2) is 14.4 Å². The molecule has 0 radical (unpaired) electrons. The van der Waals surface area contributed by atoms with Crippen LogP contribution >= 0.6 is 0 Å². The van der Waals surface area contributed by atoms with Crippen LogP contribution in [0.15, 0.2) is 255 Å². The fourth-order valence-corrected chi connectivity index (χ4v) is 9.45. The summed E-state index contributed by atoms with van der Waals surface area (Å²) in [6, 6.07) is 69.1. The van der Waals surface area contributed by atoms with Gasteiger partial charge in [0.25, 0.3) is 17.7 Å². The predicted molar refractivity (Wildman–Crippen MR) is 342 cm³/mol. The van der Waals surface area contributed by atoms with Gasteiger partial charge in [0.05, 0.1) is 55.1 Å². The van der Waals surface area contributed by atoms with Gasteiger partial charge in [-0.3, -0.25) is 29.3 Å². The summed E-state index contributed by atoms with van der Waals surface area (Å²) < 4.78 is 33.0. The zero-order valence-corrected chi connectivity index (χ0v) is 48.5. The van der Waals surface area contributed by atoms with Crippen LogP contribution in [0.25, 0.3) is 32.3 Å². The van der Waals surface area contributed by atoms with Gasteiger partial charge in [0.1, 0.15) is 51.6 Å². The number of nitrogens with one attached hydrogen (secondary N) is 3. The van der Waals surface area contributed by atoms with Crippen LogP contribution in [-0.2, 0) is 14.2 Å².